The summed E-state index contributed by atoms with van der Waals surface area (Å²) in [4.78, 5) is 6.74. The molecule has 15 heavy (non-hydrogen) atoms. The summed E-state index contributed by atoms with van der Waals surface area (Å²) in [6.07, 6.45) is 0. The number of hydrogen-bond acceptors (Lipinski definition) is 3. The van der Waals surface area contributed by atoms with Crippen LogP contribution in [0.4, 0.5) is 0 Å². The van der Waals surface area contributed by atoms with E-state index in [2.05, 4.69) is 29.1 Å². The highest BCUT2D eigenvalue weighted by Crippen LogP contribution is 2.08. The first-order valence-electron chi connectivity index (χ1n) is 5.55. The molecule has 0 bridgehead atoms. The van der Waals surface area contributed by atoms with Gasteiger partial charge in [-0.05, 0) is 13.8 Å². The molecule has 0 unspecified atom stereocenters. The Morgan fingerprint density at radius 1 is 1.47 bits per heavy atom. The van der Waals surface area contributed by atoms with Gasteiger partial charge in [0.1, 0.15) is 0 Å². The second-order valence-electron chi connectivity index (χ2n) is 4.02. The fourth-order valence-electron chi connectivity index (χ4n) is 1.48. The third-order valence-electron chi connectivity index (χ3n) is 2.24. The number of rotatable bonds is 4. The highest BCUT2D eigenvalue weighted by atomic mass is 32.2. The van der Waals surface area contributed by atoms with E-state index in [1.807, 2.05) is 11.8 Å². The van der Waals surface area contributed by atoms with E-state index in [-0.39, 0.29) is 0 Å². The Labute approximate surface area is 96.7 Å². The van der Waals surface area contributed by atoms with Gasteiger partial charge in [-0.1, -0.05) is 0 Å². The van der Waals surface area contributed by atoms with E-state index in [4.69, 9.17) is 5.73 Å². The zero-order valence-electron chi connectivity index (χ0n) is 9.70. The molecule has 0 aromatic rings. The molecule has 0 radical (unpaired) electrons. The maximum absolute atomic E-state index is 5.71. The van der Waals surface area contributed by atoms with Crippen molar-refractivity contribution in [1.29, 1.82) is 0 Å². The van der Waals surface area contributed by atoms with Crippen LogP contribution in [-0.2, 0) is 0 Å². The van der Waals surface area contributed by atoms with Gasteiger partial charge in [-0.2, -0.15) is 11.8 Å². The van der Waals surface area contributed by atoms with Crippen LogP contribution in [0, 0.1) is 0 Å². The Morgan fingerprint density at radius 3 is 2.73 bits per heavy atom. The molecule has 5 heteroatoms. The summed E-state index contributed by atoms with van der Waals surface area (Å²) >= 11 is 2.03. The predicted octanol–water partition coefficient (Wildman–Crippen LogP) is 0.348. The van der Waals surface area contributed by atoms with Gasteiger partial charge in [-0.15, -0.1) is 0 Å². The third kappa shape index (κ3) is 5.89. The van der Waals surface area contributed by atoms with E-state index in [9.17, 15) is 0 Å². The lowest BCUT2D eigenvalue weighted by atomic mass is 10.4. The molecule has 0 spiro atoms. The first kappa shape index (κ1) is 12.6. The molecule has 0 aromatic carbocycles. The summed E-state index contributed by atoms with van der Waals surface area (Å²) in [7, 11) is 0. The average molecular weight is 230 g/mol. The predicted molar refractivity (Wildman–Crippen MR) is 68.5 cm³/mol. The van der Waals surface area contributed by atoms with Crippen LogP contribution in [0.2, 0.25) is 0 Å². The van der Waals surface area contributed by atoms with Crippen molar-refractivity contribution < 1.29 is 0 Å². The van der Waals surface area contributed by atoms with Gasteiger partial charge in [-0.25, -0.2) is 0 Å². The van der Waals surface area contributed by atoms with Gasteiger partial charge in [0.25, 0.3) is 0 Å². The van der Waals surface area contributed by atoms with E-state index in [1.165, 1.54) is 24.6 Å². The Hall–Kier alpha value is -0.420. The lowest BCUT2D eigenvalue weighted by molar-refractivity contribution is 0.311. The van der Waals surface area contributed by atoms with E-state index in [0.717, 1.165) is 13.1 Å². The Morgan fingerprint density at radius 2 is 2.13 bits per heavy atom. The molecule has 0 saturated carbocycles. The standard InChI is InChI=1S/C10H22N4S/c1-9(2)13-10(11)12-3-4-14-5-7-15-8-6-14/h9H,3-8H2,1-2H3,(H3,11,12,13). The maximum Gasteiger partial charge on any atom is 0.188 e. The molecule has 1 aliphatic heterocycles. The molecule has 1 fully saturated rings. The van der Waals surface area contributed by atoms with Gasteiger partial charge in [0, 0.05) is 37.2 Å². The molecule has 0 aliphatic carbocycles. The van der Waals surface area contributed by atoms with Gasteiger partial charge in [0.05, 0.1) is 6.54 Å². The third-order valence-corrected chi connectivity index (χ3v) is 3.18. The number of aliphatic imine (C=N–C) groups is 1. The zero-order chi connectivity index (χ0) is 11.1. The van der Waals surface area contributed by atoms with Crippen LogP contribution in [0.1, 0.15) is 13.8 Å². The van der Waals surface area contributed by atoms with Crippen LogP contribution in [0.3, 0.4) is 0 Å². The van der Waals surface area contributed by atoms with E-state index in [0.29, 0.717) is 12.0 Å². The van der Waals surface area contributed by atoms with Gasteiger partial charge in [0.2, 0.25) is 0 Å². The molecular weight excluding hydrogens is 208 g/mol. The molecule has 3 N–H and O–H groups in total. The molecule has 1 aliphatic rings. The zero-order valence-corrected chi connectivity index (χ0v) is 10.5. The average Bonchev–Trinajstić information content (AvgIpc) is 2.18. The highest BCUT2D eigenvalue weighted by Gasteiger charge is 2.08. The number of nitrogens with two attached hydrogens (primary N) is 1. The number of thioether (sulfide) groups is 1. The van der Waals surface area contributed by atoms with E-state index < -0.39 is 0 Å². The lowest BCUT2D eigenvalue weighted by Gasteiger charge is -2.25. The topological polar surface area (TPSA) is 53.6 Å². The number of hydrogen-bond donors (Lipinski definition) is 2. The molecule has 1 saturated heterocycles. The van der Waals surface area contributed by atoms with Crippen molar-refractivity contribution in [3.63, 3.8) is 0 Å². The molecule has 1 heterocycles. The van der Waals surface area contributed by atoms with Crippen LogP contribution in [0.25, 0.3) is 0 Å². The Kier molecular flexibility index (Phi) is 5.86. The van der Waals surface area contributed by atoms with Crippen LogP contribution in [0.15, 0.2) is 4.99 Å². The second kappa shape index (κ2) is 6.95. The Bertz CT molecular complexity index is 200. The molecule has 0 amide bonds. The molecule has 88 valence electrons. The van der Waals surface area contributed by atoms with Crippen LogP contribution < -0.4 is 11.1 Å². The summed E-state index contributed by atoms with van der Waals surface area (Å²) < 4.78 is 0. The van der Waals surface area contributed by atoms with Crippen LogP contribution in [0.5, 0.6) is 0 Å². The quantitative estimate of drug-likeness (QED) is 0.540. The number of nitrogens with zero attached hydrogens (tertiary/aromatic N) is 2. The summed E-state index contributed by atoms with van der Waals surface area (Å²) in [5, 5.41) is 3.09. The largest absolute Gasteiger partial charge is 0.370 e. The van der Waals surface area contributed by atoms with Crippen molar-refractivity contribution in [2.45, 2.75) is 19.9 Å². The number of nitrogens with one attached hydrogen (secondary N) is 1. The fraction of sp³-hybridized carbons (Fsp3) is 0.900. The van der Waals surface area contributed by atoms with Crippen LogP contribution >= 0.6 is 11.8 Å². The first-order chi connectivity index (χ1) is 7.18. The molecule has 4 nitrogen and oxygen atoms in total. The lowest BCUT2D eigenvalue weighted by Crippen LogP contribution is -2.38. The molecule has 0 atom stereocenters. The van der Waals surface area contributed by atoms with E-state index >= 15 is 0 Å². The van der Waals surface area contributed by atoms with Gasteiger partial charge >= 0.3 is 0 Å². The summed E-state index contributed by atoms with van der Waals surface area (Å²) in [5.41, 5.74) is 5.71. The highest BCUT2D eigenvalue weighted by molar-refractivity contribution is 7.99. The summed E-state index contributed by atoms with van der Waals surface area (Å²) in [5.74, 6) is 3.07. The smallest absolute Gasteiger partial charge is 0.188 e. The maximum atomic E-state index is 5.71. The van der Waals surface area contributed by atoms with Gasteiger partial charge in [0.15, 0.2) is 5.96 Å². The molecular formula is C10H22N4S. The van der Waals surface area contributed by atoms with Crippen molar-refractivity contribution >= 4 is 17.7 Å². The van der Waals surface area contributed by atoms with Gasteiger partial charge in [-0.3, -0.25) is 9.89 Å². The van der Waals surface area contributed by atoms with Crippen molar-refractivity contribution in [3.05, 3.63) is 0 Å². The summed E-state index contributed by atoms with van der Waals surface area (Å²) in [6.45, 7) is 8.33. The minimum Gasteiger partial charge on any atom is -0.370 e. The summed E-state index contributed by atoms with van der Waals surface area (Å²) in [6, 6.07) is 0.361. The van der Waals surface area contributed by atoms with Crippen molar-refractivity contribution in [1.82, 2.24) is 10.2 Å². The molecule has 0 aromatic heterocycles. The van der Waals surface area contributed by atoms with E-state index in [1.54, 1.807) is 0 Å². The SMILES string of the molecule is CC(C)NC(N)=NCCN1CCSCC1. The monoisotopic (exact) mass is 230 g/mol. The first-order valence-corrected chi connectivity index (χ1v) is 6.70. The van der Waals surface area contributed by atoms with Crippen molar-refractivity contribution in [3.8, 4) is 0 Å². The minimum absolute atomic E-state index is 0.361. The van der Waals surface area contributed by atoms with Gasteiger partial charge < -0.3 is 11.1 Å². The van der Waals surface area contributed by atoms with Crippen LogP contribution in [-0.4, -0.2) is 54.6 Å². The fourth-order valence-corrected chi connectivity index (χ4v) is 2.46. The Balaban J connectivity index is 2.13. The molecule has 1 rings (SSSR count). The normalized spacial score (nSPS) is 19.5. The second-order valence-corrected chi connectivity index (χ2v) is 5.24. The number of guanidine groups is 1. The minimum atomic E-state index is 0.361. The van der Waals surface area contributed by atoms with Crippen molar-refractivity contribution in [2.75, 3.05) is 37.7 Å². The van der Waals surface area contributed by atoms with Crippen molar-refractivity contribution in [2.24, 2.45) is 10.7 Å².